The van der Waals surface area contributed by atoms with Crippen LogP contribution in [0.3, 0.4) is 0 Å². The number of likely N-dealkylation sites (tertiary alicyclic amines) is 1. The fraction of sp³-hybridized carbons (Fsp3) is 0.250. The maximum Gasteiger partial charge on any atom is 0.335 e. The van der Waals surface area contributed by atoms with E-state index in [1.165, 1.54) is 24.3 Å². The molecule has 0 spiro atoms. The average Bonchev–Trinajstić information content (AvgIpc) is 3.11. The van der Waals surface area contributed by atoms with Crippen molar-refractivity contribution < 1.29 is 28.2 Å². The number of aromatic carboxylic acids is 1. The first-order chi connectivity index (χ1) is 15.8. The van der Waals surface area contributed by atoms with Crippen molar-refractivity contribution in [1.29, 1.82) is 0 Å². The highest BCUT2D eigenvalue weighted by atomic mass is 19.3. The topological polar surface area (TPSA) is 92.6 Å². The van der Waals surface area contributed by atoms with Crippen molar-refractivity contribution in [2.24, 2.45) is 5.92 Å². The van der Waals surface area contributed by atoms with Gasteiger partial charge in [-0.15, -0.1) is 5.10 Å². The number of hydrogen-bond acceptors (Lipinski definition) is 5. The van der Waals surface area contributed by atoms with E-state index >= 15 is 0 Å². The minimum Gasteiger partial charge on any atom is -0.478 e. The van der Waals surface area contributed by atoms with Gasteiger partial charge in [0.05, 0.1) is 11.3 Å². The van der Waals surface area contributed by atoms with Crippen LogP contribution in [0.5, 0.6) is 11.5 Å². The van der Waals surface area contributed by atoms with Gasteiger partial charge in [-0.2, -0.15) is 5.10 Å². The summed E-state index contributed by atoms with van der Waals surface area (Å²) in [6.45, 7) is 2.97. The zero-order valence-electron chi connectivity index (χ0n) is 17.7. The number of halogens is 2. The molecule has 1 aliphatic heterocycles. The number of nitrogens with zero attached hydrogens (tertiary/aromatic N) is 3. The van der Waals surface area contributed by atoms with E-state index in [1.54, 1.807) is 35.2 Å². The van der Waals surface area contributed by atoms with Crippen LogP contribution in [0.1, 0.15) is 41.4 Å². The Hall–Kier alpha value is -3.88. The molecule has 9 heteroatoms. The Balaban J connectivity index is 1.56. The number of hydrogen-bond donors (Lipinski definition) is 1. The molecule has 0 unspecified atom stereocenters. The van der Waals surface area contributed by atoms with E-state index in [2.05, 4.69) is 10.2 Å². The Morgan fingerprint density at radius 2 is 1.91 bits per heavy atom. The number of rotatable bonds is 7. The molecule has 1 aromatic heterocycles. The number of alkyl halides is 2. The van der Waals surface area contributed by atoms with Crippen LogP contribution in [0.25, 0.3) is 11.3 Å². The predicted molar refractivity (Wildman–Crippen MR) is 115 cm³/mol. The lowest BCUT2D eigenvalue weighted by molar-refractivity contribution is -0.128. The van der Waals surface area contributed by atoms with Crippen LogP contribution in [-0.2, 0) is 11.3 Å². The van der Waals surface area contributed by atoms with E-state index in [0.29, 0.717) is 47.8 Å². The summed E-state index contributed by atoms with van der Waals surface area (Å²) in [5.41, 5.74) is 1.46. The van der Waals surface area contributed by atoms with Crippen molar-refractivity contribution in [2.45, 2.75) is 26.3 Å². The third kappa shape index (κ3) is 5.14. The lowest BCUT2D eigenvalue weighted by atomic mass is 10.1. The van der Waals surface area contributed by atoms with Gasteiger partial charge in [-0.25, -0.2) is 13.6 Å². The molecule has 7 nitrogen and oxygen atoms in total. The molecule has 1 atom stereocenters. The Labute approximate surface area is 188 Å². The maximum atomic E-state index is 12.7. The molecule has 33 heavy (non-hydrogen) atoms. The second-order valence-corrected chi connectivity index (χ2v) is 7.98. The Bertz CT molecular complexity index is 1170. The summed E-state index contributed by atoms with van der Waals surface area (Å²) in [5, 5.41) is 16.7. The molecule has 1 fully saturated rings. The van der Waals surface area contributed by atoms with Gasteiger partial charge in [-0.05, 0) is 54.4 Å². The molecule has 1 saturated heterocycles. The number of carbonyl (C=O) groups is 2. The van der Waals surface area contributed by atoms with Crippen LogP contribution < -0.4 is 4.74 Å². The van der Waals surface area contributed by atoms with Gasteiger partial charge < -0.3 is 14.7 Å². The Morgan fingerprint density at radius 3 is 2.48 bits per heavy atom. The Morgan fingerprint density at radius 1 is 1.15 bits per heavy atom. The zero-order chi connectivity index (χ0) is 23.5. The zero-order valence-corrected chi connectivity index (χ0v) is 17.7. The molecule has 4 rings (SSSR count). The fourth-order valence-corrected chi connectivity index (χ4v) is 3.67. The molecular weight excluding hydrogens is 432 g/mol. The normalized spacial score (nSPS) is 15.8. The van der Waals surface area contributed by atoms with E-state index < -0.39 is 18.1 Å². The van der Waals surface area contributed by atoms with Gasteiger partial charge in [0, 0.05) is 30.6 Å². The van der Waals surface area contributed by atoms with Gasteiger partial charge in [0.25, 0.3) is 6.43 Å². The molecular formula is C24H21F2N3O4. The van der Waals surface area contributed by atoms with Gasteiger partial charge in [-0.1, -0.05) is 13.0 Å². The SMILES string of the molecule is C[C@H]1CC(=O)N(Cc2ccc(C(=O)O)cc2Oc2ccc(-c3ccc(C(F)F)nn3)cc2)C1. The molecule has 170 valence electrons. The smallest absolute Gasteiger partial charge is 0.335 e. The highest BCUT2D eigenvalue weighted by Crippen LogP contribution is 2.31. The van der Waals surface area contributed by atoms with Crippen LogP contribution in [0.2, 0.25) is 0 Å². The van der Waals surface area contributed by atoms with E-state index in [9.17, 15) is 23.5 Å². The van der Waals surface area contributed by atoms with E-state index in [4.69, 9.17) is 4.74 Å². The number of benzene rings is 2. The highest BCUT2D eigenvalue weighted by Gasteiger charge is 2.27. The fourth-order valence-electron chi connectivity index (χ4n) is 3.67. The highest BCUT2D eigenvalue weighted by molar-refractivity contribution is 5.88. The third-order valence-electron chi connectivity index (χ3n) is 5.37. The summed E-state index contributed by atoms with van der Waals surface area (Å²) in [6, 6.07) is 14.0. The number of amides is 1. The van der Waals surface area contributed by atoms with Crippen molar-refractivity contribution in [3.05, 3.63) is 71.4 Å². The summed E-state index contributed by atoms with van der Waals surface area (Å²) in [7, 11) is 0. The first-order valence-corrected chi connectivity index (χ1v) is 10.3. The van der Waals surface area contributed by atoms with Gasteiger partial charge in [0.15, 0.2) is 0 Å². The molecule has 3 aromatic rings. The molecule has 0 saturated carbocycles. The second kappa shape index (κ2) is 9.32. The van der Waals surface area contributed by atoms with Crippen molar-refractivity contribution in [3.63, 3.8) is 0 Å². The van der Waals surface area contributed by atoms with E-state index in [1.807, 2.05) is 6.92 Å². The number of carboxylic acid groups (broad SMARTS) is 1. The molecule has 0 radical (unpaired) electrons. The summed E-state index contributed by atoms with van der Waals surface area (Å²) < 4.78 is 31.3. The predicted octanol–water partition coefficient (Wildman–Crippen LogP) is 4.94. The van der Waals surface area contributed by atoms with Crippen molar-refractivity contribution in [1.82, 2.24) is 15.1 Å². The first-order valence-electron chi connectivity index (χ1n) is 10.3. The largest absolute Gasteiger partial charge is 0.478 e. The minimum absolute atomic E-state index is 0.0547. The minimum atomic E-state index is -2.68. The van der Waals surface area contributed by atoms with Crippen molar-refractivity contribution >= 4 is 11.9 Å². The Kier molecular flexibility index (Phi) is 6.30. The lowest BCUT2D eigenvalue weighted by Gasteiger charge is -2.19. The standard InChI is InChI=1S/C24H21F2N3O4/c1-14-10-22(30)29(12-14)13-17-3-2-16(24(31)32)11-21(17)33-18-6-4-15(5-7-18)19-8-9-20(23(25)26)28-27-19/h2-9,11,14,23H,10,12-13H2,1H3,(H,31,32)/t14-/m0/s1. The molecule has 2 heterocycles. The average molecular weight is 453 g/mol. The monoisotopic (exact) mass is 453 g/mol. The molecule has 0 bridgehead atoms. The summed E-state index contributed by atoms with van der Waals surface area (Å²) in [4.78, 5) is 25.4. The molecule has 1 N–H and O–H groups in total. The molecule has 2 aromatic carbocycles. The van der Waals surface area contributed by atoms with E-state index in [0.717, 1.165) is 0 Å². The summed E-state index contributed by atoms with van der Waals surface area (Å²) in [6.07, 6.45) is -2.19. The van der Waals surface area contributed by atoms with Gasteiger partial charge >= 0.3 is 5.97 Å². The molecule has 0 aliphatic carbocycles. The summed E-state index contributed by atoms with van der Waals surface area (Å²) in [5.74, 6) is 0.0278. The lowest BCUT2D eigenvalue weighted by Crippen LogP contribution is -2.24. The van der Waals surface area contributed by atoms with Crippen LogP contribution >= 0.6 is 0 Å². The number of carbonyl (C=O) groups excluding carboxylic acids is 1. The van der Waals surface area contributed by atoms with Gasteiger partial charge in [0.1, 0.15) is 17.2 Å². The van der Waals surface area contributed by atoms with Crippen LogP contribution in [0.4, 0.5) is 8.78 Å². The van der Waals surface area contributed by atoms with Crippen LogP contribution in [0, 0.1) is 5.92 Å². The second-order valence-electron chi connectivity index (χ2n) is 7.98. The third-order valence-corrected chi connectivity index (χ3v) is 5.37. The first kappa shape index (κ1) is 22.3. The number of aromatic nitrogens is 2. The van der Waals surface area contributed by atoms with Crippen LogP contribution in [0.15, 0.2) is 54.6 Å². The quantitative estimate of drug-likeness (QED) is 0.545. The number of ether oxygens (including phenoxy) is 1. The summed E-state index contributed by atoms with van der Waals surface area (Å²) >= 11 is 0. The van der Waals surface area contributed by atoms with Gasteiger partial charge in [-0.3, -0.25) is 4.79 Å². The van der Waals surface area contributed by atoms with Gasteiger partial charge in [0.2, 0.25) is 5.91 Å². The number of carboxylic acids is 1. The van der Waals surface area contributed by atoms with E-state index in [-0.39, 0.29) is 17.4 Å². The van der Waals surface area contributed by atoms with Crippen molar-refractivity contribution in [3.8, 4) is 22.8 Å². The molecule has 1 amide bonds. The van der Waals surface area contributed by atoms with Crippen molar-refractivity contribution in [2.75, 3.05) is 6.54 Å². The van der Waals surface area contributed by atoms with Crippen LogP contribution in [-0.4, -0.2) is 38.6 Å². The molecule has 1 aliphatic rings. The maximum absolute atomic E-state index is 12.7.